The fraction of sp³-hybridized carbons (Fsp3) is 0.520. The van der Waals surface area contributed by atoms with E-state index in [0.717, 1.165) is 61.9 Å². The van der Waals surface area contributed by atoms with E-state index < -0.39 is 0 Å². The summed E-state index contributed by atoms with van der Waals surface area (Å²) in [6.07, 6.45) is 6.98. The third-order valence-corrected chi connectivity index (χ3v) is 7.17. The van der Waals surface area contributed by atoms with E-state index >= 15 is 0 Å². The average molecular weight is 437 g/mol. The van der Waals surface area contributed by atoms with Gasteiger partial charge in [-0.25, -0.2) is 14.4 Å². The summed E-state index contributed by atoms with van der Waals surface area (Å²) < 4.78 is 13.2. The maximum atomic E-state index is 13.2. The first-order chi connectivity index (χ1) is 15.5. The maximum Gasteiger partial charge on any atom is 0.232 e. The highest BCUT2D eigenvalue weighted by Crippen LogP contribution is 2.37. The van der Waals surface area contributed by atoms with Crippen LogP contribution in [-0.4, -0.2) is 39.8 Å². The van der Waals surface area contributed by atoms with E-state index in [0.29, 0.717) is 31.0 Å². The molecule has 1 aliphatic carbocycles. The zero-order valence-corrected chi connectivity index (χ0v) is 18.5. The van der Waals surface area contributed by atoms with Crippen LogP contribution in [0.25, 0.3) is 0 Å². The molecule has 6 nitrogen and oxygen atoms in total. The Morgan fingerprint density at radius 3 is 2.59 bits per heavy atom. The number of rotatable bonds is 5. The number of amides is 2. The molecular formula is C25H29FN4O2. The highest BCUT2D eigenvalue weighted by molar-refractivity contribution is 6.00. The van der Waals surface area contributed by atoms with Crippen LogP contribution < -0.4 is 4.90 Å². The lowest BCUT2D eigenvalue weighted by Gasteiger charge is -2.27. The molecule has 1 saturated carbocycles. The molecule has 0 bridgehead atoms. The minimum absolute atomic E-state index is 0.0157. The second-order valence-corrected chi connectivity index (χ2v) is 9.24. The molecule has 0 radical (unpaired) electrons. The minimum Gasteiger partial charge on any atom is -0.332 e. The second-order valence-electron chi connectivity index (χ2n) is 9.24. The lowest BCUT2D eigenvalue weighted by Crippen LogP contribution is -2.36. The van der Waals surface area contributed by atoms with E-state index in [1.165, 1.54) is 12.1 Å². The first kappa shape index (κ1) is 21.0. The van der Waals surface area contributed by atoms with Crippen LogP contribution in [-0.2, 0) is 22.4 Å². The molecule has 2 fully saturated rings. The van der Waals surface area contributed by atoms with Gasteiger partial charge in [-0.05, 0) is 56.7 Å². The first-order valence-electron chi connectivity index (χ1n) is 11.7. The van der Waals surface area contributed by atoms with Crippen LogP contribution in [0.1, 0.15) is 67.2 Å². The summed E-state index contributed by atoms with van der Waals surface area (Å²) in [4.78, 5) is 39.2. The fourth-order valence-corrected chi connectivity index (χ4v) is 5.37. The number of aryl methyl sites for hydroxylation is 1. The Bertz CT molecular complexity index is 1030. The largest absolute Gasteiger partial charge is 0.332 e. The Morgan fingerprint density at radius 2 is 1.84 bits per heavy atom. The van der Waals surface area contributed by atoms with Gasteiger partial charge in [0.05, 0.1) is 12.5 Å². The Balaban J connectivity index is 1.39. The SMILES string of the molecule is Cc1nc([C@H]2CCCN2C(=O)C2CCCC2)nc2c1CC(=O)N2CCc1ccc(F)cc1. The molecule has 3 aliphatic rings. The number of benzene rings is 1. The number of halogens is 1. The molecule has 7 heteroatoms. The predicted molar refractivity (Wildman–Crippen MR) is 119 cm³/mol. The van der Waals surface area contributed by atoms with Crippen LogP contribution >= 0.6 is 0 Å². The number of aromatic nitrogens is 2. The molecule has 0 spiro atoms. The fourth-order valence-electron chi connectivity index (χ4n) is 5.37. The molecule has 5 rings (SSSR count). The van der Waals surface area contributed by atoms with Crippen molar-refractivity contribution in [3.8, 4) is 0 Å². The van der Waals surface area contributed by atoms with Crippen molar-refractivity contribution < 1.29 is 14.0 Å². The van der Waals surface area contributed by atoms with Crippen molar-refractivity contribution in [1.29, 1.82) is 0 Å². The third-order valence-electron chi connectivity index (χ3n) is 7.17. The average Bonchev–Trinajstić information content (AvgIpc) is 3.53. The number of hydrogen-bond acceptors (Lipinski definition) is 4. The van der Waals surface area contributed by atoms with Gasteiger partial charge in [0.2, 0.25) is 11.8 Å². The molecule has 1 aromatic carbocycles. The van der Waals surface area contributed by atoms with Crippen molar-refractivity contribution in [2.24, 2.45) is 5.92 Å². The van der Waals surface area contributed by atoms with Gasteiger partial charge < -0.3 is 4.90 Å². The van der Waals surface area contributed by atoms with Gasteiger partial charge in [-0.3, -0.25) is 14.5 Å². The van der Waals surface area contributed by atoms with Gasteiger partial charge in [0.25, 0.3) is 0 Å². The number of anilines is 1. The lowest BCUT2D eigenvalue weighted by molar-refractivity contribution is -0.136. The number of carbonyl (C=O) groups excluding carboxylic acids is 2. The third kappa shape index (κ3) is 3.89. The Kier molecular flexibility index (Phi) is 5.66. The summed E-state index contributed by atoms with van der Waals surface area (Å²) in [5.74, 6) is 1.47. The molecule has 2 amide bonds. The van der Waals surface area contributed by atoms with Gasteiger partial charge in [0, 0.05) is 30.3 Å². The topological polar surface area (TPSA) is 66.4 Å². The molecule has 0 N–H and O–H groups in total. The van der Waals surface area contributed by atoms with Crippen LogP contribution in [0.3, 0.4) is 0 Å². The molecule has 2 aromatic rings. The molecule has 0 unspecified atom stereocenters. The lowest BCUT2D eigenvalue weighted by atomic mass is 10.1. The van der Waals surface area contributed by atoms with Crippen molar-refractivity contribution >= 4 is 17.6 Å². The van der Waals surface area contributed by atoms with Crippen LogP contribution in [0.5, 0.6) is 0 Å². The van der Waals surface area contributed by atoms with Crippen molar-refractivity contribution in [2.45, 2.75) is 64.3 Å². The monoisotopic (exact) mass is 436 g/mol. The van der Waals surface area contributed by atoms with Crippen molar-refractivity contribution in [3.05, 3.63) is 52.7 Å². The minimum atomic E-state index is -0.266. The molecular weight excluding hydrogens is 407 g/mol. The number of nitrogens with zero attached hydrogens (tertiary/aromatic N) is 4. The molecule has 32 heavy (non-hydrogen) atoms. The summed E-state index contributed by atoms with van der Waals surface area (Å²) in [5.41, 5.74) is 2.68. The van der Waals surface area contributed by atoms with Gasteiger partial charge >= 0.3 is 0 Å². The van der Waals surface area contributed by atoms with Crippen LogP contribution in [0.15, 0.2) is 24.3 Å². The quantitative estimate of drug-likeness (QED) is 0.713. The van der Waals surface area contributed by atoms with Crippen molar-refractivity contribution in [3.63, 3.8) is 0 Å². The molecule has 1 atom stereocenters. The summed E-state index contributed by atoms with van der Waals surface area (Å²) in [6.45, 7) is 3.17. The standard InChI is InChI=1S/C25H29FN4O2/c1-16-20-15-22(31)30(14-12-17-8-10-19(26)11-9-17)24(20)28-23(27-16)21-7-4-13-29(21)25(32)18-5-2-3-6-18/h8-11,18,21H,2-7,12-15H2,1H3/t21-/m1/s1. The van der Waals surface area contributed by atoms with Crippen LogP contribution in [0.4, 0.5) is 10.2 Å². The Labute approximate surface area is 187 Å². The summed E-state index contributed by atoms with van der Waals surface area (Å²) in [6, 6.07) is 6.27. The Hall–Kier alpha value is -2.83. The molecule has 1 aromatic heterocycles. The number of fused-ring (bicyclic) bond motifs is 1. The number of carbonyl (C=O) groups is 2. The number of likely N-dealkylation sites (tertiary alicyclic amines) is 1. The van der Waals surface area contributed by atoms with E-state index in [4.69, 9.17) is 9.97 Å². The molecule has 2 aliphatic heterocycles. The van der Waals surface area contributed by atoms with Crippen molar-refractivity contribution in [1.82, 2.24) is 14.9 Å². The number of hydrogen-bond donors (Lipinski definition) is 0. The normalized spacial score (nSPS) is 20.9. The first-order valence-corrected chi connectivity index (χ1v) is 11.7. The van der Waals surface area contributed by atoms with Crippen LogP contribution in [0, 0.1) is 18.7 Å². The van der Waals surface area contributed by atoms with E-state index in [1.807, 2.05) is 11.8 Å². The van der Waals surface area contributed by atoms with E-state index in [1.54, 1.807) is 17.0 Å². The summed E-state index contributed by atoms with van der Waals surface area (Å²) >= 11 is 0. The van der Waals surface area contributed by atoms with E-state index in [9.17, 15) is 14.0 Å². The highest BCUT2D eigenvalue weighted by Gasteiger charge is 2.38. The second kappa shape index (κ2) is 8.60. The Morgan fingerprint density at radius 1 is 1.09 bits per heavy atom. The van der Waals surface area contributed by atoms with Gasteiger partial charge in [0.1, 0.15) is 11.6 Å². The van der Waals surface area contributed by atoms with Crippen molar-refractivity contribution in [2.75, 3.05) is 18.0 Å². The summed E-state index contributed by atoms with van der Waals surface area (Å²) in [7, 11) is 0. The van der Waals surface area contributed by atoms with Gasteiger partial charge in [-0.1, -0.05) is 25.0 Å². The summed E-state index contributed by atoms with van der Waals surface area (Å²) in [5, 5.41) is 0. The zero-order valence-electron chi connectivity index (χ0n) is 18.5. The van der Waals surface area contributed by atoms with Gasteiger partial charge in [-0.15, -0.1) is 0 Å². The van der Waals surface area contributed by atoms with E-state index in [-0.39, 0.29) is 29.6 Å². The van der Waals surface area contributed by atoms with Gasteiger partial charge in [0.15, 0.2) is 5.82 Å². The smallest absolute Gasteiger partial charge is 0.232 e. The highest BCUT2D eigenvalue weighted by atomic mass is 19.1. The molecule has 168 valence electrons. The van der Waals surface area contributed by atoms with Gasteiger partial charge in [-0.2, -0.15) is 0 Å². The molecule has 3 heterocycles. The molecule has 1 saturated heterocycles. The van der Waals surface area contributed by atoms with Crippen LogP contribution in [0.2, 0.25) is 0 Å². The predicted octanol–water partition coefficient (Wildman–Crippen LogP) is 3.91. The zero-order chi connectivity index (χ0) is 22.2. The van der Waals surface area contributed by atoms with E-state index in [2.05, 4.69) is 0 Å². The maximum absolute atomic E-state index is 13.2.